The van der Waals surface area contributed by atoms with Crippen molar-refractivity contribution in [2.45, 2.75) is 25.7 Å². The second-order valence-electron chi connectivity index (χ2n) is 7.09. The van der Waals surface area contributed by atoms with Crippen LogP contribution in [-0.4, -0.2) is 31.3 Å². The summed E-state index contributed by atoms with van der Waals surface area (Å²) in [4.78, 5) is 8.89. The standard InChI is InChI=1S/C23H24BrN3O4/c1-28-19-11-15(12-20(29-2)21(19)30-3)26-22-17(24)13-25-23(27-22)31-18-10-6-8-14-7-4-5-9-16(14)18/h6,8,10-13H,4-5,7,9H2,1-3H3,(H,25,26,27). The van der Waals surface area contributed by atoms with Crippen molar-refractivity contribution >= 4 is 27.4 Å². The average molecular weight is 486 g/mol. The number of halogens is 1. The van der Waals surface area contributed by atoms with Crippen molar-refractivity contribution in [1.82, 2.24) is 9.97 Å². The fraction of sp³-hybridized carbons (Fsp3) is 0.304. The van der Waals surface area contributed by atoms with Crippen LogP contribution >= 0.6 is 15.9 Å². The van der Waals surface area contributed by atoms with Crippen LogP contribution in [0.1, 0.15) is 24.0 Å². The van der Waals surface area contributed by atoms with Crippen molar-refractivity contribution in [2.75, 3.05) is 26.6 Å². The van der Waals surface area contributed by atoms with Crippen LogP contribution in [0, 0.1) is 0 Å². The maximum atomic E-state index is 6.08. The predicted molar refractivity (Wildman–Crippen MR) is 122 cm³/mol. The summed E-state index contributed by atoms with van der Waals surface area (Å²) in [5.74, 6) is 2.99. The van der Waals surface area contributed by atoms with E-state index in [1.807, 2.05) is 24.3 Å². The molecule has 4 rings (SSSR count). The number of aryl methyl sites for hydroxylation is 1. The summed E-state index contributed by atoms with van der Waals surface area (Å²) < 4.78 is 23.0. The molecule has 1 aliphatic rings. The molecule has 1 aliphatic carbocycles. The van der Waals surface area contributed by atoms with Crippen LogP contribution in [0.4, 0.5) is 11.5 Å². The summed E-state index contributed by atoms with van der Waals surface area (Å²) in [5.41, 5.74) is 3.31. The molecule has 0 aliphatic heterocycles. The lowest BCUT2D eigenvalue weighted by Gasteiger charge is -2.19. The molecule has 0 amide bonds. The monoisotopic (exact) mass is 485 g/mol. The van der Waals surface area contributed by atoms with E-state index in [1.165, 1.54) is 24.0 Å². The minimum absolute atomic E-state index is 0.275. The molecule has 3 aromatic rings. The molecule has 0 fully saturated rings. The van der Waals surface area contributed by atoms with Crippen LogP contribution in [0.5, 0.6) is 29.0 Å². The second kappa shape index (κ2) is 9.43. The Kier molecular flexibility index (Phi) is 6.46. The van der Waals surface area contributed by atoms with Crippen LogP contribution in [0.2, 0.25) is 0 Å². The number of ether oxygens (including phenoxy) is 4. The highest BCUT2D eigenvalue weighted by Crippen LogP contribution is 2.41. The number of methoxy groups -OCH3 is 3. The summed E-state index contributed by atoms with van der Waals surface area (Å²) >= 11 is 3.50. The van der Waals surface area contributed by atoms with E-state index in [-0.39, 0.29) is 6.01 Å². The summed E-state index contributed by atoms with van der Waals surface area (Å²) in [6, 6.07) is 10.1. The van der Waals surface area contributed by atoms with Gasteiger partial charge in [-0.1, -0.05) is 12.1 Å². The summed E-state index contributed by atoms with van der Waals surface area (Å²) in [6.07, 6.45) is 6.15. The van der Waals surface area contributed by atoms with Gasteiger partial charge in [-0.25, -0.2) is 4.98 Å². The van der Waals surface area contributed by atoms with Gasteiger partial charge in [0.15, 0.2) is 17.3 Å². The minimum Gasteiger partial charge on any atom is -0.493 e. The number of nitrogens with one attached hydrogen (secondary N) is 1. The molecule has 162 valence electrons. The van der Waals surface area contributed by atoms with E-state index < -0.39 is 0 Å². The van der Waals surface area contributed by atoms with Crippen LogP contribution in [0.25, 0.3) is 0 Å². The van der Waals surface area contributed by atoms with E-state index in [2.05, 4.69) is 37.3 Å². The quantitative estimate of drug-likeness (QED) is 0.461. The molecule has 0 spiro atoms. The molecule has 1 N–H and O–H groups in total. The number of anilines is 2. The van der Waals surface area contributed by atoms with Gasteiger partial charge in [0.2, 0.25) is 5.75 Å². The number of benzene rings is 2. The third-order valence-corrected chi connectivity index (χ3v) is 5.78. The maximum Gasteiger partial charge on any atom is 0.323 e. The number of hydrogen-bond donors (Lipinski definition) is 1. The van der Waals surface area contributed by atoms with Crippen molar-refractivity contribution in [3.05, 3.63) is 52.1 Å². The van der Waals surface area contributed by atoms with E-state index in [1.54, 1.807) is 27.5 Å². The average Bonchev–Trinajstić information content (AvgIpc) is 2.80. The van der Waals surface area contributed by atoms with Crippen LogP contribution in [0.15, 0.2) is 41.0 Å². The molecular weight excluding hydrogens is 462 g/mol. The van der Waals surface area contributed by atoms with Gasteiger partial charge in [0, 0.05) is 17.8 Å². The molecule has 31 heavy (non-hydrogen) atoms. The highest BCUT2D eigenvalue weighted by atomic mass is 79.9. The van der Waals surface area contributed by atoms with Crippen LogP contribution < -0.4 is 24.3 Å². The Labute approximate surface area is 189 Å². The zero-order chi connectivity index (χ0) is 21.8. The van der Waals surface area contributed by atoms with Crippen LogP contribution in [0.3, 0.4) is 0 Å². The third-order valence-electron chi connectivity index (χ3n) is 5.20. The van der Waals surface area contributed by atoms with Crippen molar-refractivity contribution in [1.29, 1.82) is 0 Å². The Morgan fingerprint density at radius 2 is 1.68 bits per heavy atom. The Morgan fingerprint density at radius 3 is 2.39 bits per heavy atom. The predicted octanol–water partition coefficient (Wildman–Crippen LogP) is 5.68. The number of nitrogens with zero attached hydrogens (tertiary/aromatic N) is 2. The number of fused-ring (bicyclic) bond motifs is 1. The zero-order valence-electron chi connectivity index (χ0n) is 17.7. The van der Waals surface area contributed by atoms with Gasteiger partial charge in [0.1, 0.15) is 5.75 Å². The van der Waals surface area contributed by atoms with Gasteiger partial charge in [-0.2, -0.15) is 4.98 Å². The SMILES string of the molecule is COc1cc(Nc2nc(Oc3cccc4c3CCCC4)ncc2Br)cc(OC)c1OC. The molecule has 0 radical (unpaired) electrons. The Hall–Kier alpha value is -3.00. The first-order valence-corrected chi connectivity index (χ1v) is 10.8. The van der Waals surface area contributed by atoms with Gasteiger partial charge in [-0.15, -0.1) is 0 Å². The molecular formula is C23H24BrN3O4. The summed E-state index contributed by atoms with van der Waals surface area (Å²) in [7, 11) is 4.72. The largest absolute Gasteiger partial charge is 0.493 e. The molecule has 1 aromatic heterocycles. The van der Waals surface area contributed by atoms with E-state index in [4.69, 9.17) is 18.9 Å². The number of rotatable bonds is 7. The molecule has 8 heteroatoms. The molecule has 0 atom stereocenters. The number of aromatic nitrogens is 2. The Bertz CT molecular complexity index is 1070. The van der Waals surface area contributed by atoms with Crippen molar-refractivity contribution < 1.29 is 18.9 Å². The van der Waals surface area contributed by atoms with E-state index in [9.17, 15) is 0 Å². The first-order chi connectivity index (χ1) is 15.1. The molecule has 0 saturated carbocycles. The maximum absolute atomic E-state index is 6.08. The second-order valence-corrected chi connectivity index (χ2v) is 7.95. The van der Waals surface area contributed by atoms with E-state index >= 15 is 0 Å². The van der Waals surface area contributed by atoms with Gasteiger partial charge in [0.25, 0.3) is 0 Å². The highest BCUT2D eigenvalue weighted by molar-refractivity contribution is 9.10. The lowest BCUT2D eigenvalue weighted by molar-refractivity contribution is 0.324. The number of hydrogen-bond acceptors (Lipinski definition) is 7. The highest BCUT2D eigenvalue weighted by Gasteiger charge is 2.17. The van der Waals surface area contributed by atoms with Crippen molar-refractivity contribution in [2.24, 2.45) is 0 Å². The molecule has 0 bridgehead atoms. The molecule has 2 aromatic carbocycles. The van der Waals surface area contributed by atoms with Gasteiger partial charge < -0.3 is 24.3 Å². The topological polar surface area (TPSA) is 74.7 Å². The lowest BCUT2D eigenvalue weighted by atomic mass is 9.91. The molecule has 0 unspecified atom stereocenters. The molecule has 1 heterocycles. The first-order valence-electron chi connectivity index (χ1n) is 10.0. The van der Waals surface area contributed by atoms with E-state index in [0.29, 0.717) is 27.5 Å². The van der Waals surface area contributed by atoms with Crippen molar-refractivity contribution in [3.8, 4) is 29.0 Å². The van der Waals surface area contributed by atoms with Gasteiger partial charge in [-0.05, 0) is 58.8 Å². The fourth-order valence-corrected chi connectivity index (χ4v) is 4.01. The lowest BCUT2D eigenvalue weighted by Crippen LogP contribution is -2.05. The van der Waals surface area contributed by atoms with Gasteiger partial charge >= 0.3 is 6.01 Å². The van der Waals surface area contributed by atoms with Gasteiger partial charge in [-0.3, -0.25) is 0 Å². The van der Waals surface area contributed by atoms with Crippen LogP contribution in [-0.2, 0) is 12.8 Å². The fourth-order valence-electron chi connectivity index (χ4n) is 3.72. The molecule has 7 nitrogen and oxygen atoms in total. The molecule has 0 saturated heterocycles. The summed E-state index contributed by atoms with van der Waals surface area (Å²) in [5, 5.41) is 3.27. The zero-order valence-corrected chi connectivity index (χ0v) is 19.3. The summed E-state index contributed by atoms with van der Waals surface area (Å²) in [6.45, 7) is 0. The minimum atomic E-state index is 0.275. The Morgan fingerprint density at radius 1 is 0.935 bits per heavy atom. The van der Waals surface area contributed by atoms with Crippen molar-refractivity contribution in [3.63, 3.8) is 0 Å². The smallest absolute Gasteiger partial charge is 0.323 e. The van der Waals surface area contributed by atoms with E-state index in [0.717, 1.165) is 24.3 Å². The first kappa shape index (κ1) is 21.2. The Balaban J connectivity index is 1.62. The third kappa shape index (κ3) is 4.54. The normalized spacial score (nSPS) is 12.6. The van der Waals surface area contributed by atoms with Gasteiger partial charge in [0.05, 0.1) is 32.0 Å².